The highest BCUT2D eigenvalue weighted by Gasteiger charge is 2.26. The van der Waals surface area contributed by atoms with E-state index in [0.717, 1.165) is 5.56 Å². The van der Waals surface area contributed by atoms with Crippen LogP contribution in [0.15, 0.2) is 30.0 Å². The Hall–Kier alpha value is -2.10. The highest BCUT2D eigenvalue weighted by molar-refractivity contribution is 6.14. The van der Waals surface area contributed by atoms with Crippen molar-refractivity contribution in [1.82, 2.24) is 10.2 Å². The summed E-state index contributed by atoms with van der Waals surface area (Å²) in [4.78, 5) is 13.2. The third kappa shape index (κ3) is 2.27. The Morgan fingerprint density at radius 2 is 1.89 bits per heavy atom. The van der Waals surface area contributed by atoms with Crippen LogP contribution in [0.25, 0.3) is 6.08 Å². The first-order valence-corrected chi connectivity index (χ1v) is 5.94. The first-order valence-electron chi connectivity index (χ1n) is 5.94. The number of hydrogen-bond acceptors (Lipinski definition) is 2. The largest absolute Gasteiger partial charge is 0.311 e. The number of rotatable bonds is 2. The molecule has 1 saturated heterocycles. The first-order chi connectivity index (χ1) is 8.49. The van der Waals surface area contributed by atoms with Crippen molar-refractivity contribution in [2.45, 2.75) is 19.8 Å². The van der Waals surface area contributed by atoms with Crippen LogP contribution in [0.2, 0.25) is 0 Å². The van der Waals surface area contributed by atoms with Crippen molar-refractivity contribution in [3.63, 3.8) is 0 Å². The Labute approximate surface area is 107 Å². The van der Waals surface area contributed by atoms with Crippen molar-refractivity contribution >= 4 is 17.9 Å². The number of guanidine groups is 1. The smallest absolute Gasteiger partial charge is 0.274 e. The van der Waals surface area contributed by atoms with Crippen molar-refractivity contribution < 1.29 is 4.79 Å². The van der Waals surface area contributed by atoms with Crippen LogP contribution in [0.5, 0.6) is 0 Å². The van der Waals surface area contributed by atoms with Crippen molar-refractivity contribution in [1.29, 1.82) is 5.41 Å². The van der Waals surface area contributed by atoms with E-state index in [1.54, 1.807) is 18.0 Å². The zero-order valence-electron chi connectivity index (χ0n) is 10.8. The predicted octanol–water partition coefficient (Wildman–Crippen LogP) is 2.15. The molecule has 0 radical (unpaired) electrons. The summed E-state index contributed by atoms with van der Waals surface area (Å²) >= 11 is 0. The molecule has 18 heavy (non-hydrogen) atoms. The fraction of sp³-hybridized carbons (Fsp3) is 0.286. The second kappa shape index (κ2) is 4.64. The van der Waals surface area contributed by atoms with Crippen molar-refractivity contribution in [3.05, 3.63) is 41.1 Å². The fourth-order valence-electron chi connectivity index (χ4n) is 1.83. The van der Waals surface area contributed by atoms with Crippen LogP contribution in [0, 0.1) is 5.41 Å². The Balaban J connectivity index is 2.28. The predicted molar refractivity (Wildman–Crippen MR) is 72.1 cm³/mol. The molecular formula is C14H17N3O. The molecule has 0 spiro atoms. The van der Waals surface area contributed by atoms with Gasteiger partial charge in [0.05, 0.1) is 0 Å². The van der Waals surface area contributed by atoms with E-state index in [1.807, 2.05) is 12.1 Å². The van der Waals surface area contributed by atoms with Crippen LogP contribution in [0.1, 0.15) is 30.9 Å². The Morgan fingerprint density at radius 1 is 1.28 bits per heavy atom. The molecule has 0 aromatic heterocycles. The van der Waals surface area contributed by atoms with Crippen LogP contribution >= 0.6 is 0 Å². The van der Waals surface area contributed by atoms with Crippen molar-refractivity contribution in [2.75, 3.05) is 7.05 Å². The molecule has 1 aliphatic heterocycles. The van der Waals surface area contributed by atoms with Gasteiger partial charge in [-0.2, -0.15) is 0 Å². The maximum atomic E-state index is 11.6. The minimum Gasteiger partial charge on any atom is -0.311 e. The lowest BCUT2D eigenvalue weighted by Gasteiger charge is -2.09. The number of likely N-dealkylation sites (N-methyl/N-ethyl adjacent to an activating group) is 1. The molecule has 1 aliphatic rings. The summed E-state index contributed by atoms with van der Waals surface area (Å²) in [5, 5.41) is 9.99. The molecule has 1 aromatic carbocycles. The van der Waals surface area contributed by atoms with Gasteiger partial charge in [-0.3, -0.25) is 15.5 Å². The summed E-state index contributed by atoms with van der Waals surface area (Å²) in [6, 6.07) is 8.11. The number of carbonyl (C=O) groups is 1. The molecule has 0 unspecified atom stereocenters. The zero-order valence-corrected chi connectivity index (χ0v) is 10.8. The van der Waals surface area contributed by atoms with E-state index in [2.05, 4.69) is 31.3 Å². The van der Waals surface area contributed by atoms with Gasteiger partial charge in [-0.15, -0.1) is 0 Å². The molecule has 0 bridgehead atoms. The summed E-state index contributed by atoms with van der Waals surface area (Å²) in [7, 11) is 1.70. The molecule has 4 heteroatoms. The van der Waals surface area contributed by atoms with Crippen LogP contribution in [0.4, 0.5) is 0 Å². The van der Waals surface area contributed by atoms with Gasteiger partial charge in [0.1, 0.15) is 5.70 Å². The van der Waals surface area contributed by atoms with Gasteiger partial charge in [-0.25, -0.2) is 0 Å². The monoisotopic (exact) mass is 243 g/mol. The summed E-state index contributed by atoms with van der Waals surface area (Å²) < 4.78 is 0. The number of benzene rings is 1. The van der Waals surface area contributed by atoms with Gasteiger partial charge < -0.3 is 4.90 Å². The highest BCUT2D eigenvalue weighted by atomic mass is 16.2. The van der Waals surface area contributed by atoms with E-state index in [0.29, 0.717) is 11.6 Å². The van der Waals surface area contributed by atoms with E-state index < -0.39 is 0 Å². The van der Waals surface area contributed by atoms with E-state index in [4.69, 9.17) is 5.41 Å². The van der Waals surface area contributed by atoms with E-state index in [9.17, 15) is 4.79 Å². The first kappa shape index (κ1) is 12.4. The number of nitrogens with one attached hydrogen (secondary N) is 2. The number of carbonyl (C=O) groups excluding carboxylic acids is 1. The lowest BCUT2D eigenvalue weighted by atomic mass is 10.0. The molecule has 1 heterocycles. The Kier molecular flexibility index (Phi) is 3.19. The maximum absolute atomic E-state index is 11.6. The molecule has 0 saturated carbocycles. The maximum Gasteiger partial charge on any atom is 0.274 e. The van der Waals surface area contributed by atoms with Gasteiger partial charge in [0, 0.05) is 7.05 Å². The van der Waals surface area contributed by atoms with Crippen LogP contribution in [-0.2, 0) is 4.79 Å². The zero-order chi connectivity index (χ0) is 13.3. The van der Waals surface area contributed by atoms with Gasteiger partial charge in [-0.1, -0.05) is 38.1 Å². The Morgan fingerprint density at radius 3 is 2.33 bits per heavy atom. The van der Waals surface area contributed by atoms with Crippen molar-refractivity contribution in [3.8, 4) is 0 Å². The van der Waals surface area contributed by atoms with Gasteiger partial charge in [0.15, 0.2) is 0 Å². The van der Waals surface area contributed by atoms with E-state index >= 15 is 0 Å². The Bertz CT molecular complexity index is 514. The summed E-state index contributed by atoms with van der Waals surface area (Å²) in [5.74, 6) is 0.387. The highest BCUT2D eigenvalue weighted by Crippen LogP contribution is 2.18. The molecule has 2 rings (SSSR count). The van der Waals surface area contributed by atoms with Gasteiger partial charge >= 0.3 is 0 Å². The molecule has 1 amide bonds. The molecule has 0 aliphatic carbocycles. The van der Waals surface area contributed by atoms with Gasteiger partial charge in [0.2, 0.25) is 5.96 Å². The fourth-order valence-corrected chi connectivity index (χ4v) is 1.83. The summed E-state index contributed by atoms with van der Waals surface area (Å²) in [5.41, 5.74) is 2.73. The standard InChI is InChI=1S/C14H17N3O/c1-9(2)11-6-4-10(5-7-11)8-12-13(18)16-14(15)17(12)3/h4-9H,1-3H3,(H2,15,16,18). The lowest BCUT2D eigenvalue weighted by molar-refractivity contribution is -0.115. The van der Waals surface area contributed by atoms with Crippen molar-refractivity contribution in [2.24, 2.45) is 0 Å². The molecule has 1 fully saturated rings. The topological polar surface area (TPSA) is 56.2 Å². The molecule has 4 nitrogen and oxygen atoms in total. The third-order valence-electron chi connectivity index (χ3n) is 3.07. The van der Waals surface area contributed by atoms with E-state index in [1.165, 1.54) is 5.56 Å². The van der Waals surface area contributed by atoms with E-state index in [-0.39, 0.29) is 11.9 Å². The average molecular weight is 243 g/mol. The second-order valence-electron chi connectivity index (χ2n) is 4.71. The van der Waals surface area contributed by atoms with Gasteiger partial charge in [-0.05, 0) is 23.1 Å². The number of nitrogens with zero attached hydrogens (tertiary/aromatic N) is 1. The molecule has 0 atom stereocenters. The van der Waals surface area contributed by atoms with Crippen LogP contribution < -0.4 is 5.32 Å². The number of hydrogen-bond donors (Lipinski definition) is 2. The van der Waals surface area contributed by atoms with Crippen LogP contribution in [-0.4, -0.2) is 23.8 Å². The quantitative estimate of drug-likeness (QED) is 0.782. The summed E-state index contributed by atoms with van der Waals surface area (Å²) in [6.07, 6.45) is 1.79. The third-order valence-corrected chi connectivity index (χ3v) is 3.07. The minimum atomic E-state index is -0.226. The van der Waals surface area contributed by atoms with Gasteiger partial charge in [0.25, 0.3) is 5.91 Å². The SMILES string of the molecule is CC(C)c1ccc(C=C2C(=O)NC(=N)N2C)cc1. The molecular weight excluding hydrogens is 226 g/mol. The average Bonchev–Trinajstić information content (AvgIpc) is 2.57. The minimum absolute atomic E-state index is 0.116. The number of amides is 1. The molecule has 2 N–H and O–H groups in total. The second-order valence-corrected chi connectivity index (χ2v) is 4.71. The molecule has 94 valence electrons. The lowest BCUT2D eigenvalue weighted by Crippen LogP contribution is -2.25. The van der Waals surface area contributed by atoms with Crippen LogP contribution in [0.3, 0.4) is 0 Å². The molecule has 1 aromatic rings. The summed E-state index contributed by atoms with van der Waals surface area (Å²) in [6.45, 7) is 4.29. The normalized spacial score (nSPS) is 17.8.